The van der Waals surface area contributed by atoms with E-state index < -0.39 is 0 Å². The Morgan fingerprint density at radius 3 is 1.80 bits per heavy atom. The standard InChI is InChI=1S/C35H22N4O/c1-3-9-24(10-4-1)29-21-30(25-11-5-2-6-12-25)37-34(36-29)26-17-15-23(16-18-26)27-19-20-32-38-33-28-13-7-8-14-31(28)40-35(33)39(32)22-27/h1-22H. The highest BCUT2D eigenvalue weighted by atomic mass is 16.3. The van der Waals surface area contributed by atoms with Crippen molar-refractivity contribution in [1.82, 2.24) is 19.4 Å². The minimum Gasteiger partial charge on any atom is -0.437 e. The zero-order valence-corrected chi connectivity index (χ0v) is 21.4. The fourth-order valence-electron chi connectivity index (χ4n) is 5.22. The molecule has 0 radical (unpaired) electrons. The van der Waals surface area contributed by atoms with Gasteiger partial charge in [0.15, 0.2) is 5.82 Å². The molecule has 4 aromatic carbocycles. The third kappa shape index (κ3) is 3.76. The van der Waals surface area contributed by atoms with Gasteiger partial charge in [0.2, 0.25) is 5.71 Å². The van der Waals surface area contributed by atoms with Crippen molar-refractivity contribution in [2.24, 2.45) is 0 Å². The van der Waals surface area contributed by atoms with Crippen LogP contribution in [0.2, 0.25) is 0 Å². The van der Waals surface area contributed by atoms with Gasteiger partial charge in [-0.3, -0.25) is 4.40 Å². The molecule has 0 atom stereocenters. The maximum absolute atomic E-state index is 6.15. The Morgan fingerprint density at radius 2 is 1.10 bits per heavy atom. The van der Waals surface area contributed by atoms with Gasteiger partial charge in [-0.25, -0.2) is 15.0 Å². The van der Waals surface area contributed by atoms with E-state index in [2.05, 4.69) is 66.9 Å². The van der Waals surface area contributed by atoms with Crippen LogP contribution in [-0.2, 0) is 0 Å². The maximum Gasteiger partial charge on any atom is 0.232 e. The second-order valence-corrected chi connectivity index (χ2v) is 9.78. The Morgan fingerprint density at radius 1 is 0.500 bits per heavy atom. The summed E-state index contributed by atoms with van der Waals surface area (Å²) in [6.07, 6.45) is 2.09. The third-order valence-electron chi connectivity index (χ3n) is 7.27. The summed E-state index contributed by atoms with van der Waals surface area (Å²) in [5, 5.41) is 1.03. The second-order valence-electron chi connectivity index (χ2n) is 9.78. The molecule has 0 N–H and O–H groups in total. The minimum absolute atomic E-state index is 0.695. The topological polar surface area (TPSA) is 56.2 Å². The predicted molar refractivity (Wildman–Crippen MR) is 160 cm³/mol. The van der Waals surface area contributed by atoms with Gasteiger partial charge in [0, 0.05) is 28.3 Å². The van der Waals surface area contributed by atoms with Crippen LogP contribution < -0.4 is 0 Å². The molecule has 40 heavy (non-hydrogen) atoms. The van der Waals surface area contributed by atoms with Crippen LogP contribution in [-0.4, -0.2) is 19.4 Å². The molecule has 0 fully saturated rings. The van der Waals surface area contributed by atoms with Gasteiger partial charge >= 0.3 is 0 Å². The molecule has 0 saturated heterocycles. The Bertz CT molecular complexity index is 2090. The number of hydrogen-bond donors (Lipinski definition) is 0. The molecule has 0 aliphatic carbocycles. The van der Waals surface area contributed by atoms with E-state index in [4.69, 9.17) is 19.4 Å². The van der Waals surface area contributed by atoms with Gasteiger partial charge in [-0.1, -0.05) is 97.1 Å². The summed E-state index contributed by atoms with van der Waals surface area (Å²) >= 11 is 0. The smallest absolute Gasteiger partial charge is 0.232 e. The summed E-state index contributed by atoms with van der Waals surface area (Å²) in [7, 11) is 0. The number of rotatable bonds is 4. The SMILES string of the molecule is c1ccc(-c2cc(-c3ccccc3)nc(-c3ccc(-c4ccc5nc6c7ccccc7oc6n5c4)cc3)n2)cc1. The summed E-state index contributed by atoms with van der Waals surface area (Å²) in [4.78, 5) is 14.7. The highest BCUT2D eigenvalue weighted by molar-refractivity contribution is 6.02. The normalized spacial score (nSPS) is 11.5. The molecule has 0 aliphatic heterocycles. The van der Waals surface area contributed by atoms with Crippen LogP contribution in [0.5, 0.6) is 0 Å². The quantitative estimate of drug-likeness (QED) is 0.236. The highest BCUT2D eigenvalue weighted by Crippen LogP contribution is 2.32. The van der Waals surface area contributed by atoms with Gasteiger partial charge < -0.3 is 4.42 Å². The van der Waals surface area contributed by atoms with Crippen LogP contribution in [0.25, 0.3) is 72.9 Å². The van der Waals surface area contributed by atoms with Crippen molar-refractivity contribution in [3.05, 3.63) is 134 Å². The van der Waals surface area contributed by atoms with Crippen molar-refractivity contribution in [3.63, 3.8) is 0 Å². The maximum atomic E-state index is 6.15. The van der Waals surface area contributed by atoms with E-state index in [1.54, 1.807) is 0 Å². The van der Waals surface area contributed by atoms with Crippen LogP contribution in [0.1, 0.15) is 0 Å². The first kappa shape index (κ1) is 22.4. The lowest BCUT2D eigenvalue weighted by molar-refractivity contribution is 0.649. The molecule has 8 aromatic rings. The van der Waals surface area contributed by atoms with Crippen LogP contribution in [0.15, 0.2) is 138 Å². The second kappa shape index (κ2) is 9.03. The zero-order valence-electron chi connectivity index (χ0n) is 21.4. The molecule has 0 unspecified atom stereocenters. The molecular formula is C35H22N4O. The Kier molecular flexibility index (Phi) is 5.07. The number of benzene rings is 4. The zero-order chi connectivity index (χ0) is 26.5. The van der Waals surface area contributed by atoms with Crippen molar-refractivity contribution < 1.29 is 4.42 Å². The van der Waals surface area contributed by atoms with Crippen LogP contribution in [0.3, 0.4) is 0 Å². The average Bonchev–Trinajstić information content (AvgIpc) is 3.58. The lowest BCUT2D eigenvalue weighted by Crippen LogP contribution is -1.96. The third-order valence-corrected chi connectivity index (χ3v) is 7.27. The van der Waals surface area contributed by atoms with Gasteiger partial charge in [0.1, 0.15) is 16.7 Å². The largest absolute Gasteiger partial charge is 0.437 e. The molecule has 188 valence electrons. The van der Waals surface area contributed by atoms with Crippen molar-refractivity contribution in [1.29, 1.82) is 0 Å². The van der Waals surface area contributed by atoms with E-state index in [1.165, 1.54) is 0 Å². The first-order valence-electron chi connectivity index (χ1n) is 13.2. The molecule has 0 amide bonds. The lowest BCUT2D eigenvalue weighted by atomic mass is 10.0. The van der Waals surface area contributed by atoms with E-state index in [0.29, 0.717) is 5.82 Å². The molecule has 4 aromatic heterocycles. The van der Waals surface area contributed by atoms with Gasteiger partial charge in [-0.15, -0.1) is 0 Å². The first-order chi connectivity index (χ1) is 19.8. The summed E-state index contributed by atoms with van der Waals surface area (Å²) in [5.74, 6) is 0.695. The number of para-hydroxylation sites is 1. The number of fused-ring (bicyclic) bond motifs is 5. The van der Waals surface area contributed by atoms with Gasteiger partial charge in [-0.2, -0.15) is 0 Å². The molecule has 0 bridgehead atoms. The molecule has 5 heteroatoms. The van der Waals surface area contributed by atoms with E-state index in [0.717, 1.165) is 67.1 Å². The summed E-state index contributed by atoms with van der Waals surface area (Å²) < 4.78 is 8.18. The fourth-order valence-corrected chi connectivity index (χ4v) is 5.22. The number of imidazole rings is 1. The van der Waals surface area contributed by atoms with Crippen molar-refractivity contribution in [2.75, 3.05) is 0 Å². The predicted octanol–water partition coefficient (Wildman–Crippen LogP) is 8.69. The molecule has 0 spiro atoms. The molecule has 5 nitrogen and oxygen atoms in total. The van der Waals surface area contributed by atoms with Crippen molar-refractivity contribution in [3.8, 4) is 45.0 Å². The van der Waals surface area contributed by atoms with E-state index in [-0.39, 0.29) is 0 Å². The number of pyridine rings is 1. The first-order valence-corrected chi connectivity index (χ1v) is 13.2. The van der Waals surface area contributed by atoms with E-state index in [9.17, 15) is 0 Å². The van der Waals surface area contributed by atoms with Crippen LogP contribution in [0, 0.1) is 0 Å². The van der Waals surface area contributed by atoms with Crippen molar-refractivity contribution >= 4 is 27.8 Å². The summed E-state index contributed by atoms with van der Waals surface area (Å²) in [6, 6.07) is 43.1. The van der Waals surface area contributed by atoms with Gasteiger partial charge in [0.25, 0.3) is 0 Å². The lowest BCUT2D eigenvalue weighted by Gasteiger charge is -2.10. The average molecular weight is 515 g/mol. The minimum atomic E-state index is 0.695. The number of hydrogen-bond acceptors (Lipinski definition) is 4. The van der Waals surface area contributed by atoms with E-state index in [1.807, 2.05) is 71.1 Å². The molecule has 0 aliphatic rings. The Hall–Kier alpha value is -5.55. The van der Waals surface area contributed by atoms with E-state index >= 15 is 0 Å². The fraction of sp³-hybridized carbons (Fsp3) is 0. The van der Waals surface area contributed by atoms with Gasteiger partial charge in [-0.05, 0) is 41.5 Å². The molecule has 0 saturated carbocycles. The van der Waals surface area contributed by atoms with Gasteiger partial charge in [0.05, 0.1) is 11.4 Å². The molecular weight excluding hydrogens is 492 g/mol. The monoisotopic (exact) mass is 514 g/mol. The van der Waals surface area contributed by atoms with Crippen LogP contribution in [0.4, 0.5) is 0 Å². The van der Waals surface area contributed by atoms with Crippen molar-refractivity contribution in [2.45, 2.75) is 0 Å². The molecule has 4 heterocycles. The van der Waals surface area contributed by atoms with Crippen LogP contribution >= 0.6 is 0 Å². The highest BCUT2D eigenvalue weighted by Gasteiger charge is 2.15. The number of furan rings is 1. The summed E-state index contributed by atoms with van der Waals surface area (Å²) in [6.45, 7) is 0. The molecule has 8 rings (SSSR count). The number of aromatic nitrogens is 4. The summed E-state index contributed by atoms with van der Waals surface area (Å²) in [5.41, 5.74) is 10.4. The Labute approximate surface area is 230 Å². The Balaban J connectivity index is 1.20. The number of nitrogens with zero attached hydrogens (tertiary/aromatic N) is 4.